The number of aromatic amines is 1. The second-order valence-corrected chi connectivity index (χ2v) is 4.08. The molecule has 1 aromatic rings. The third-order valence-electron chi connectivity index (χ3n) is 2.94. The number of nitrogen functional groups attached to an aromatic ring is 1. The number of rotatable bonds is 3. The lowest BCUT2D eigenvalue weighted by atomic mass is 10.0. The molecule has 2 rings (SSSR count). The van der Waals surface area contributed by atoms with Crippen molar-refractivity contribution in [2.24, 2.45) is 5.92 Å². The maximum Gasteiger partial charge on any atom is 0.276 e. The molecule has 4 N–H and O–H groups in total. The Kier molecular flexibility index (Phi) is 2.82. The van der Waals surface area contributed by atoms with Crippen LogP contribution >= 0.6 is 0 Å². The Balaban J connectivity index is 2.07. The van der Waals surface area contributed by atoms with E-state index in [9.17, 15) is 4.79 Å². The topological polar surface area (TPSA) is 95.2 Å². The molecule has 1 aliphatic heterocycles. The van der Waals surface area contributed by atoms with Crippen molar-refractivity contribution < 1.29 is 9.90 Å². The van der Waals surface area contributed by atoms with Crippen LogP contribution < -0.4 is 5.73 Å². The van der Waals surface area contributed by atoms with Crippen LogP contribution in [0.3, 0.4) is 0 Å². The molecule has 1 saturated heterocycles. The van der Waals surface area contributed by atoms with Gasteiger partial charge < -0.3 is 15.7 Å². The molecule has 0 atom stereocenters. The molecule has 0 radical (unpaired) electrons. The molecule has 6 heteroatoms. The number of carbonyl (C=O) groups is 1. The van der Waals surface area contributed by atoms with Gasteiger partial charge in [-0.25, -0.2) is 0 Å². The average Bonchev–Trinajstić information content (AvgIpc) is 2.57. The van der Waals surface area contributed by atoms with Gasteiger partial charge in [-0.15, -0.1) is 0 Å². The molecule has 0 aromatic carbocycles. The summed E-state index contributed by atoms with van der Waals surface area (Å²) in [5.41, 5.74) is 7.35. The van der Waals surface area contributed by atoms with Gasteiger partial charge in [0.1, 0.15) is 0 Å². The van der Waals surface area contributed by atoms with Crippen LogP contribution in [0.15, 0.2) is 0 Å². The van der Waals surface area contributed by atoms with E-state index in [1.54, 1.807) is 4.90 Å². The predicted octanol–water partition coefficient (Wildman–Crippen LogP) is -0.381. The van der Waals surface area contributed by atoms with Crippen LogP contribution in [-0.4, -0.2) is 45.8 Å². The number of nitrogens with one attached hydrogen (secondary N) is 1. The molecule has 16 heavy (non-hydrogen) atoms. The molecule has 0 bridgehead atoms. The van der Waals surface area contributed by atoms with E-state index in [4.69, 9.17) is 10.8 Å². The van der Waals surface area contributed by atoms with Crippen molar-refractivity contribution >= 4 is 11.6 Å². The van der Waals surface area contributed by atoms with E-state index >= 15 is 0 Å². The van der Waals surface area contributed by atoms with Crippen molar-refractivity contribution in [1.82, 2.24) is 15.1 Å². The molecular weight excluding hydrogens is 208 g/mol. The zero-order valence-electron chi connectivity index (χ0n) is 9.23. The van der Waals surface area contributed by atoms with E-state index in [0.717, 1.165) is 12.1 Å². The normalized spacial score (nSPS) is 16.2. The van der Waals surface area contributed by atoms with Gasteiger partial charge in [-0.2, -0.15) is 5.10 Å². The number of aliphatic hydroxyl groups is 1. The van der Waals surface area contributed by atoms with Gasteiger partial charge in [0.25, 0.3) is 5.91 Å². The summed E-state index contributed by atoms with van der Waals surface area (Å²) in [4.78, 5) is 13.6. The van der Waals surface area contributed by atoms with Crippen LogP contribution in [0.25, 0.3) is 0 Å². The molecule has 1 aliphatic rings. The summed E-state index contributed by atoms with van der Waals surface area (Å²) >= 11 is 0. The third-order valence-corrected chi connectivity index (χ3v) is 2.94. The molecule has 6 nitrogen and oxygen atoms in total. The van der Waals surface area contributed by atoms with Gasteiger partial charge in [0.15, 0.2) is 5.69 Å². The van der Waals surface area contributed by atoms with Crippen molar-refractivity contribution in [3.63, 3.8) is 0 Å². The lowest BCUT2D eigenvalue weighted by Gasteiger charge is -2.37. The van der Waals surface area contributed by atoms with Crippen LogP contribution in [0, 0.1) is 5.92 Å². The monoisotopic (exact) mass is 224 g/mol. The number of nitrogens with zero attached hydrogens (tertiary/aromatic N) is 2. The maximum atomic E-state index is 11.9. The minimum atomic E-state index is -0.154. The average molecular weight is 224 g/mol. The highest BCUT2D eigenvalue weighted by Gasteiger charge is 2.32. The SMILES string of the molecule is CCc1[nH]nc(C(=O)N2CC(CO)C2)c1N. The van der Waals surface area contributed by atoms with Crippen molar-refractivity contribution in [1.29, 1.82) is 0 Å². The second kappa shape index (κ2) is 4.13. The molecule has 1 amide bonds. The Morgan fingerprint density at radius 1 is 1.69 bits per heavy atom. The molecule has 88 valence electrons. The Morgan fingerprint density at radius 2 is 2.38 bits per heavy atom. The Morgan fingerprint density at radius 3 is 2.88 bits per heavy atom. The van der Waals surface area contributed by atoms with Crippen molar-refractivity contribution in [3.05, 3.63) is 11.4 Å². The highest BCUT2D eigenvalue weighted by atomic mass is 16.3. The minimum absolute atomic E-state index is 0.125. The first-order valence-electron chi connectivity index (χ1n) is 5.40. The number of likely N-dealkylation sites (tertiary alicyclic amines) is 1. The van der Waals surface area contributed by atoms with Gasteiger partial charge in [-0.05, 0) is 6.42 Å². The van der Waals surface area contributed by atoms with Crippen LogP contribution in [0.2, 0.25) is 0 Å². The second-order valence-electron chi connectivity index (χ2n) is 4.08. The van der Waals surface area contributed by atoms with E-state index in [1.807, 2.05) is 6.92 Å². The summed E-state index contributed by atoms with van der Waals surface area (Å²) in [6.07, 6.45) is 0.728. The van der Waals surface area contributed by atoms with Crippen LogP contribution in [0.1, 0.15) is 23.1 Å². The van der Waals surface area contributed by atoms with Crippen molar-refractivity contribution in [2.75, 3.05) is 25.4 Å². The Bertz CT molecular complexity index is 396. The zero-order valence-corrected chi connectivity index (χ0v) is 9.23. The molecule has 0 unspecified atom stereocenters. The predicted molar refractivity (Wildman–Crippen MR) is 58.9 cm³/mol. The highest BCUT2D eigenvalue weighted by Crippen LogP contribution is 2.21. The first kappa shape index (κ1) is 10.9. The van der Waals surface area contributed by atoms with E-state index in [1.165, 1.54) is 0 Å². The summed E-state index contributed by atoms with van der Waals surface area (Å²) in [6.45, 7) is 3.25. The lowest BCUT2D eigenvalue weighted by Crippen LogP contribution is -2.51. The molecule has 0 saturated carbocycles. The van der Waals surface area contributed by atoms with E-state index < -0.39 is 0 Å². The van der Waals surface area contributed by atoms with Crippen LogP contribution in [0.5, 0.6) is 0 Å². The van der Waals surface area contributed by atoms with E-state index in [0.29, 0.717) is 24.5 Å². The summed E-state index contributed by atoms with van der Waals surface area (Å²) in [6, 6.07) is 0. The largest absolute Gasteiger partial charge is 0.396 e. The maximum absolute atomic E-state index is 11.9. The number of hydrogen-bond acceptors (Lipinski definition) is 4. The standard InChI is InChI=1S/C10H16N4O2/c1-2-7-8(11)9(13-12-7)10(16)14-3-6(4-14)5-15/h6,15H,2-5,11H2,1H3,(H,12,13). The van der Waals surface area contributed by atoms with Gasteiger partial charge in [-0.3, -0.25) is 9.89 Å². The number of hydrogen-bond donors (Lipinski definition) is 3. The quantitative estimate of drug-likeness (QED) is 0.652. The fourth-order valence-electron chi connectivity index (χ4n) is 1.82. The first-order valence-corrected chi connectivity index (χ1v) is 5.40. The zero-order chi connectivity index (χ0) is 11.7. The van der Waals surface area contributed by atoms with E-state index in [2.05, 4.69) is 10.2 Å². The number of aryl methyl sites for hydroxylation is 1. The van der Waals surface area contributed by atoms with Gasteiger partial charge >= 0.3 is 0 Å². The summed E-state index contributed by atoms with van der Waals surface area (Å²) in [7, 11) is 0. The number of nitrogens with two attached hydrogens (primary N) is 1. The summed E-state index contributed by atoms with van der Waals surface area (Å²) in [5.74, 6) is 0.0490. The van der Waals surface area contributed by atoms with Crippen molar-refractivity contribution in [3.8, 4) is 0 Å². The summed E-state index contributed by atoms with van der Waals surface area (Å²) < 4.78 is 0. The minimum Gasteiger partial charge on any atom is -0.396 e. The number of aromatic nitrogens is 2. The fraction of sp³-hybridized carbons (Fsp3) is 0.600. The number of anilines is 1. The van der Waals surface area contributed by atoms with Crippen LogP contribution in [0.4, 0.5) is 5.69 Å². The lowest BCUT2D eigenvalue weighted by molar-refractivity contribution is 0.0357. The van der Waals surface area contributed by atoms with Gasteiger partial charge in [-0.1, -0.05) is 6.92 Å². The molecule has 0 spiro atoms. The van der Waals surface area contributed by atoms with Gasteiger partial charge in [0.05, 0.1) is 11.4 Å². The summed E-state index contributed by atoms with van der Waals surface area (Å²) in [5, 5.41) is 15.6. The molecule has 1 aromatic heterocycles. The third kappa shape index (κ3) is 1.65. The molecule has 1 fully saturated rings. The number of carbonyl (C=O) groups excluding carboxylic acids is 1. The first-order chi connectivity index (χ1) is 7.67. The van der Waals surface area contributed by atoms with Gasteiger partial charge in [0, 0.05) is 25.6 Å². The molecular formula is C10H16N4O2. The number of aliphatic hydroxyl groups excluding tert-OH is 1. The Hall–Kier alpha value is -1.56. The highest BCUT2D eigenvalue weighted by molar-refractivity contribution is 5.98. The fourth-order valence-corrected chi connectivity index (χ4v) is 1.82. The van der Waals surface area contributed by atoms with Crippen molar-refractivity contribution in [2.45, 2.75) is 13.3 Å². The van der Waals surface area contributed by atoms with Gasteiger partial charge in [0.2, 0.25) is 0 Å². The number of H-pyrrole nitrogens is 1. The van der Waals surface area contributed by atoms with E-state index in [-0.39, 0.29) is 18.4 Å². The smallest absolute Gasteiger partial charge is 0.276 e. The Labute approximate surface area is 93.4 Å². The van der Waals surface area contributed by atoms with Crippen LogP contribution in [-0.2, 0) is 6.42 Å². The molecule has 2 heterocycles. The molecule has 0 aliphatic carbocycles. The number of amides is 1.